The Hall–Kier alpha value is -1.06. The first-order chi connectivity index (χ1) is 9.31. The Morgan fingerprint density at radius 1 is 1.10 bits per heavy atom. The van der Waals surface area contributed by atoms with Crippen LogP contribution in [0.2, 0.25) is 0 Å². The van der Waals surface area contributed by atoms with Gasteiger partial charge >= 0.3 is 0 Å². The molecular formula is C16H30N2O2. The van der Waals surface area contributed by atoms with E-state index in [2.05, 4.69) is 19.2 Å². The van der Waals surface area contributed by atoms with Crippen LogP contribution in [0.4, 0.5) is 0 Å². The molecule has 0 aromatic rings. The van der Waals surface area contributed by atoms with Crippen molar-refractivity contribution in [3.05, 3.63) is 0 Å². The molecule has 1 aliphatic heterocycles. The number of nitrogens with zero attached hydrogens (tertiary/aromatic N) is 1. The van der Waals surface area contributed by atoms with Crippen molar-refractivity contribution in [1.82, 2.24) is 10.2 Å². The van der Waals surface area contributed by atoms with Crippen molar-refractivity contribution in [2.24, 2.45) is 11.8 Å². The summed E-state index contributed by atoms with van der Waals surface area (Å²) in [5.74, 6) is 0.347. The van der Waals surface area contributed by atoms with E-state index in [-0.39, 0.29) is 41.8 Å². The molecule has 20 heavy (non-hydrogen) atoms. The number of carbonyl (C=O) groups is 2. The largest absolute Gasteiger partial charge is 0.342 e. The van der Waals surface area contributed by atoms with Gasteiger partial charge in [-0.05, 0) is 25.2 Å². The Labute approximate surface area is 123 Å². The second-order valence-electron chi connectivity index (χ2n) is 6.66. The van der Waals surface area contributed by atoms with Gasteiger partial charge in [-0.15, -0.1) is 0 Å². The zero-order chi connectivity index (χ0) is 15.4. The summed E-state index contributed by atoms with van der Waals surface area (Å²) in [6, 6.07) is -0.576. The number of hydrogen-bond acceptors (Lipinski definition) is 2. The normalized spacial score (nSPS) is 25.3. The first-order valence-corrected chi connectivity index (χ1v) is 7.93. The van der Waals surface area contributed by atoms with Crippen molar-refractivity contribution in [3.63, 3.8) is 0 Å². The Bertz CT molecular complexity index is 352. The minimum atomic E-state index is -0.374. The van der Waals surface area contributed by atoms with Gasteiger partial charge in [-0.1, -0.05) is 47.5 Å². The number of unbranched alkanes of at least 4 members (excludes halogenated alkanes) is 1. The molecule has 4 heteroatoms. The summed E-state index contributed by atoms with van der Waals surface area (Å²) < 4.78 is 0. The highest BCUT2D eigenvalue weighted by Crippen LogP contribution is 2.24. The molecule has 116 valence electrons. The van der Waals surface area contributed by atoms with Gasteiger partial charge in [-0.25, -0.2) is 0 Å². The molecule has 3 atom stereocenters. The zero-order valence-corrected chi connectivity index (χ0v) is 13.8. The van der Waals surface area contributed by atoms with E-state index in [9.17, 15) is 9.59 Å². The molecule has 1 aliphatic rings. The molecule has 3 unspecified atom stereocenters. The van der Waals surface area contributed by atoms with Gasteiger partial charge < -0.3 is 10.2 Å². The van der Waals surface area contributed by atoms with E-state index in [1.54, 1.807) is 0 Å². The van der Waals surface area contributed by atoms with E-state index in [1.165, 1.54) is 0 Å². The summed E-state index contributed by atoms with van der Waals surface area (Å²) >= 11 is 0. The lowest BCUT2D eigenvalue weighted by atomic mass is 9.90. The Kier molecular flexibility index (Phi) is 6.03. The summed E-state index contributed by atoms with van der Waals surface area (Å²) in [5.41, 5.74) is 0. The molecule has 1 saturated heterocycles. The van der Waals surface area contributed by atoms with Gasteiger partial charge in [0.05, 0.1) is 0 Å². The van der Waals surface area contributed by atoms with Crippen LogP contribution in [0.15, 0.2) is 0 Å². The highest BCUT2D eigenvalue weighted by atomic mass is 16.2. The van der Waals surface area contributed by atoms with E-state index in [1.807, 2.05) is 32.6 Å². The number of rotatable bonds is 6. The number of hydrogen-bond donors (Lipinski definition) is 1. The van der Waals surface area contributed by atoms with E-state index >= 15 is 0 Å². The summed E-state index contributed by atoms with van der Waals surface area (Å²) in [6.45, 7) is 12.2. The lowest BCUT2D eigenvalue weighted by Crippen LogP contribution is -2.67. The number of nitrogens with one attached hydrogen (secondary N) is 1. The summed E-state index contributed by atoms with van der Waals surface area (Å²) in [5, 5.41) is 2.91. The Balaban J connectivity index is 3.01. The van der Waals surface area contributed by atoms with Gasteiger partial charge in [0.15, 0.2) is 0 Å². The minimum Gasteiger partial charge on any atom is -0.342 e. The van der Waals surface area contributed by atoms with Crippen LogP contribution in [-0.4, -0.2) is 34.8 Å². The maximum atomic E-state index is 12.7. The molecule has 0 aliphatic carbocycles. The van der Waals surface area contributed by atoms with Crippen LogP contribution in [0.3, 0.4) is 0 Å². The number of amides is 2. The van der Waals surface area contributed by atoms with Crippen molar-refractivity contribution < 1.29 is 9.59 Å². The molecule has 4 nitrogen and oxygen atoms in total. The van der Waals surface area contributed by atoms with Crippen LogP contribution >= 0.6 is 0 Å². The molecule has 1 heterocycles. The maximum absolute atomic E-state index is 12.7. The van der Waals surface area contributed by atoms with Crippen molar-refractivity contribution in [2.45, 2.75) is 78.9 Å². The number of carbonyl (C=O) groups excluding carboxylic acids is 2. The molecule has 2 amide bonds. The highest BCUT2D eigenvalue weighted by molar-refractivity contribution is 5.97. The smallest absolute Gasteiger partial charge is 0.246 e. The SMILES string of the molecule is CCCCC(C)N1C(=O)C(C(C)C)NC(=O)C1C(C)C. The van der Waals surface area contributed by atoms with Crippen molar-refractivity contribution in [1.29, 1.82) is 0 Å². The first kappa shape index (κ1) is 17.0. The van der Waals surface area contributed by atoms with Crippen LogP contribution in [0.25, 0.3) is 0 Å². The molecule has 1 N–H and O–H groups in total. The molecule has 1 rings (SSSR count). The van der Waals surface area contributed by atoms with Crippen molar-refractivity contribution in [3.8, 4) is 0 Å². The topological polar surface area (TPSA) is 49.4 Å². The summed E-state index contributed by atoms with van der Waals surface area (Å²) in [4.78, 5) is 27.0. The third-order valence-electron chi connectivity index (χ3n) is 4.14. The fourth-order valence-electron chi connectivity index (χ4n) is 2.93. The fraction of sp³-hybridized carbons (Fsp3) is 0.875. The second kappa shape index (κ2) is 7.09. The lowest BCUT2D eigenvalue weighted by molar-refractivity contribution is -0.155. The molecule has 1 fully saturated rings. The van der Waals surface area contributed by atoms with Crippen LogP contribution in [0, 0.1) is 11.8 Å². The molecule has 0 saturated carbocycles. The minimum absolute atomic E-state index is 0.00153. The zero-order valence-electron chi connectivity index (χ0n) is 13.8. The third kappa shape index (κ3) is 3.53. The van der Waals surface area contributed by atoms with E-state index in [4.69, 9.17) is 0 Å². The summed E-state index contributed by atoms with van der Waals surface area (Å²) in [6.07, 6.45) is 3.16. The highest BCUT2D eigenvalue weighted by Gasteiger charge is 2.44. The van der Waals surface area contributed by atoms with Gasteiger partial charge in [0.1, 0.15) is 12.1 Å². The first-order valence-electron chi connectivity index (χ1n) is 7.93. The number of piperazine rings is 1. The van der Waals surface area contributed by atoms with E-state index in [0.717, 1.165) is 19.3 Å². The van der Waals surface area contributed by atoms with Crippen molar-refractivity contribution >= 4 is 11.8 Å². The molecule has 0 spiro atoms. The average Bonchev–Trinajstić information content (AvgIpc) is 2.36. The lowest BCUT2D eigenvalue weighted by Gasteiger charge is -2.45. The molecule has 0 aromatic carbocycles. The molecular weight excluding hydrogens is 252 g/mol. The molecule has 0 radical (unpaired) electrons. The van der Waals surface area contributed by atoms with Gasteiger partial charge in [-0.2, -0.15) is 0 Å². The average molecular weight is 282 g/mol. The van der Waals surface area contributed by atoms with Gasteiger partial charge in [0.25, 0.3) is 0 Å². The summed E-state index contributed by atoms with van der Waals surface area (Å²) in [7, 11) is 0. The van der Waals surface area contributed by atoms with Crippen molar-refractivity contribution in [2.75, 3.05) is 0 Å². The van der Waals surface area contributed by atoms with Crippen LogP contribution < -0.4 is 5.32 Å². The Morgan fingerprint density at radius 3 is 2.15 bits per heavy atom. The third-order valence-corrected chi connectivity index (χ3v) is 4.14. The standard InChI is InChI=1S/C16H30N2O2/c1-7-8-9-12(6)18-14(11(4)5)15(19)17-13(10(2)3)16(18)20/h10-14H,7-9H2,1-6H3,(H,17,19). The fourth-order valence-corrected chi connectivity index (χ4v) is 2.93. The predicted molar refractivity (Wildman–Crippen MR) is 81.2 cm³/mol. The maximum Gasteiger partial charge on any atom is 0.246 e. The molecule has 0 bridgehead atoms. The quantitative estimate of drug-likeness (QED) is 0.814. The van der Waals surface area contributed by atoms with Crippen LogP contribution in [0.5, 0.6) is 0 Å². The van der Waals surface area contributed by atoms with Gasteiger partial charge in [-0.3, -0.25) is 9.59 Å². The Morgan fingerprint density at radius 2 is 1.70 bits per heavy atom. The monoisotopic (exact) mass is 282 g/mol. The second-order valence-corrected chi connectivity index (χ2v) is 6.66. The van der Waals surface area contributed by atoms with E-state index in [0.29, 0.717) is 0 Å². The van der Waals surface area contributed by atoms with Crippen LogP contribution in [0.1, 0.15) is 60.8 Å². The molecule has 0 aromatic heterocycles. The van der Waals surface area contributed by atoms with E-state index < -0.39 is 0 Å². The van der Waals surface area contributed by atoms with Crippen LogP contribution in [-0.2, 0) is 9.59 Å². The van der Waals surface area contributed by atoms with Gasteiger partial charge in [0, 0.05) is 6.04 Å². The van der Waals surface area contributed by atoms with Gasteiger partial charge in [0.2, 0.25) is 11.8 Å². The predicted octanol–water partition coefficient (Wildman–Crippen LogP) is 2.57.